The fourth-order valence-electron chi connectivity index (χ4n) is 1.88. The summed E-state index contributed by atoms with van der Waals surface area (Å²) in [6.45, 7) is 3.19. The van der Waals surface area contributed by atoms with Crippen LogP contribution in [0.1, 0.15) is 25.5 Å². The molecule has 0 aliphatic carbocycles. The summed E-state index contributed by atoms with van der Waals surface area (Å²) in [5.74, 6) is 1.08. The van der Waals surface area contributed by atoms with Gasteiger partial charge in [-0.25, -0.2) is 14.4 Å². The van der Waals surface area contributed by atoms with Crippen LogP contribution in [0.3, 0.4) is 0 Å². The third kappa shape index (κ3) is 2.20. The van der Waals surface area contributed by atoms with Gasteiger partial charge in [-0.15, -0.1) is 0 Å². The van der Waals surface area contributed by atoms with Crippen LogP contribution in [-0.4, -0.2) is 23.9 Å². The highest BCUT2D eigenvalue weighted by atomic mass is 19.1. The van der Waals surface area contributed by atoms with E-state index in [1.165, 1.54) is 13.4 Å². The van der Waals surface area contributed by atoms with Crippen LogP contribution in [0.2, 0.25) is 0 Å². The lowest BCUT2D eigenvalue weighted by Gasteiger charge is -2.12. The summed E-state index contributed by atoms with van der Waals surface area (Å²) in [7, 11) is 1.51. The molecule has 96 valence electrons. The minimum absolute atomic E-state index is 0.252. The molecule has 0 bridgehead atoms. The van der Waals surface area contributed by atoms with Crippen LogP contribution in [-0.2, 0) is 0 Å². The molecule has 0 fully saturated rings. The highest BCUT2D eigenvalue weighted by Gasteiger charge is 2.13. The van der Waals surface area contributed by atoms with E-state index in [9.17, 15) is 4.39 Å². The zero-order valence-electron chi connectivity index (χ0n) is 10.6. The first-order valence-electron chi connectivity index (χ1n) is 5.68. The van der Waals surface area contributed by atoms with Crippen molar-refractivity contribution in [2.24, 2.45) is 0 Å². The molecule has 0 aliphatic rings. The molecule has 18 heavy (non-hydrogen) atoms. The second-order valence-corrected chi connectivity index (χ2v) is 4.19. The van der Waals surface area contributed by atoms with E-state index >= 15 is 0 Å². The maximum absolute atomic E-state index is 12.3. The Labute approximate surface area is 105 Å². The third-order valence-corrected chi connectivity index (χ3v) is 2.71. The van der Waals surface area contributed by atoms with Crippen LogP contribution >= 0.6 is 0 Å². The van der Waals surface area contributed by atoms with Crippen molar-refractivity contribution in [2.45, 2.75) is 19.8 Å². The number of aromatic nitrogens is 2. The fourth-order valence-corrected chi connectivity index (χ4v) is 1.88. The molecule has 5 heteroatoms. The van der Waals surface area contributed by atoms with Crippen molar-refractivity contribution in [1.29, 1.82) is 0 Å². The number of alkyl halides is 1. The second kappa shape index (κ2) is 5.16. The number of hydrogen-bond acceptors (Lipinski definition) is 4. The van der Waals surface area contributed by atoms with Gasteiger partial charge < -0.3 is 9.47 Å². The zero-order chi connectivity index (χ0) is 13.1. The molecule has 0 saturated heterocycles. The molecular formula is C13H15FN2O2. The smallest absolute Gasteiger partial charge is 0.228 e. The van der Waals surface area contributed by atoms with Crippen LogP contribution in [0.5, 0.6) is 11.5 Å². The van der Waals surface area contributed by atoms with E-state index in [0.29, 0.717) is 11.5 Å². The van der Waals surface area contributed by atoms with Crippen LogP contribution in [0.15, 0.2) is 18.5 Å². The number of ether oxygens (including phenoxy) is 2. The maximum atomic E-state index is 12.3. The number of benzene rings is 1. The summed E-state index contributed by atoms with van der Waals surface area (Å²) in [5, 5.41) is 0.858. The van der Waals surface area contributed by atoms with Crippen molar-refractivity contribution in [3.8, 4) is 11.5 Å². The molecule has 1 aromatic carbocycles. The van der Waals surface area contributed by atoms with Gasteiger partial charge in [-0.2, -0.15) is 0 Å². The lowest BCUT2D eigenvalue weighted by molar-refractivity contribution is 0.185. The Morgan fingerprint density at radius 1 is 1.22 bits per heavy atom. The van der Waals surface area contributed by atoms with Crippen LogP contribution < -0.4 is 9.47 Å². The summed E-state index contributed by atoms with van der Waals surface area (Å²) in [6.07, 6.45) is 1.52. The molecule has 0 amide bonds. The number of hydrogen-bond donors (Lipinski definition) is 0. The van der Waals surface area contributed by atoms with Crippen LogP contribution in [0.25, 0.3) is 10.9 Å². The molecule has 0 unspecified atom stereocenters. The predicted octanol–water partition coefficient (Wildman–Crippen LogP) is 3.07. The molecular weight excluding hydrogens is 235 g/mol. The predicted molar refractivity (Wildman–Crippen MR) is 66.8 cm³/mol. The number of rotatable bonds is 4. The topological polar surface area (TPSA) is 44.2 Å². The standard InChI is InChI=1S/C13H15FN2O2/c1-8(2)13-9-4-12(18-6-14)11(17-3)5-10(9)15-7-16-13/h4-5,7-8H,6H2,1-3H3. The van der Waals surface area contributed by atoms with Gasteiger partial charge >= 0.3 is 0 Å². The summed E-state index contributed by atoms with van der Waals surface area (Å²) in [4.78, 5) is 8.46. The fraction of sp³-hybridized carbons (Fsp3) is 0.385. The van der Waals surface area contributed by atoms with Crippen molar-refractivity contribution in [2.75, 3.05) is 14.0 Å². The van der Waals surface area contributed by atoms with E-state index in [1.807, 2.05) is 13.8 Å². The van der Waals surface area contributed by atoms with Gasteiger partial charge in [-0.05, 0) is 12.0 Å². The average molecular weight is 250 g/mol. The number of nitrogens with zero attached hydrogens (tertiary/aromatic N) is 2. The van der Waals surface area contributed by atoms with E-state index in [-0.39, 0.29) is 5.92 Å². The Kier molecular flexibility index (Phi) is 3.60. The van der Waals surface area contributed by atoms with Gasteiger partial charge in [0.2, 0.25) is 6.86 Å². The molecule has 1 heterocycles. The highest BCUT2D eigenvalue weighted by molar-refractivity contribution is 5.84. The lowest BCUT2D eigenvalue weighted by atomic mass is 10.0. The molecule has 4 nitrogen and oxygen atoms in total. The van der Waals surface area contributed by atoms with E-state index in [1.54, 1.807) is 12.1 Å². The Morgan fingerprint density at radius 2 is 2.00 bits per heavy atom. The molecule has 0 atom stereocenters. The minimum atomic E-state index is -0.896. The normalized spacial score (nSPS) is 10.9. The minimum Gasteiger partial charge on any atom is -0.493 e. The molecule has 2 aromatic rings. The SMILES string of the molecule is COc1cc2ncnc(C(C)C)c2cc1OCF. The molecule has 0 saturated carbocycles. The van der Waals surface area contributed by atoms with Gasteiger partial charge in [0, 0.05) is 11.5 Å². The van der Waals surface area contributed by atoms with Crippen molar-refractivity contribution in [3.05, 3.63) is 24.2 Å². The monoisotopic (exact) mass is 250 g/mol. The number of fused-ring (bicyclic) bond motifs is 1. The van der Waals surface area contributed by atoms with Crippen molar-refractivity contribution >= 4 is 10.9 Å². The Morgan fingerprint density at radius 3 is 2.61 bits per heavy atom. The third-order valence-electron chi connectivity index (χ3n) is 2.71. The number of halogens is 1. The summed E-state index contributed by atoms with van der Waals surface area (Å²) in [5.41, 5.74) is 1.67. The zero-order valence-corrected chi connectivity index (χ0v) is 10.6. The molecule has 0 N–H and O–H groups in total. The van der Waals surface area contributed by atoms with E-state index in [2.05, 4.69) is 9.97 Å². The van der Waals surface area contributed by atoms with Crippen molar-refractivity contribution in [3.63, 3.8) is 0 Å². The molecule has 0 radical (unpaired) electrons. The van der Waals surface area contributed by atoms with Crippen molar-refractivity contribution in [1.82, 2.24) is 9.97 Å². The average Bonchev–Trinajstić information content (AvgIpc) is 2.37. The highest BCUT2D eigenvalue weighted by Crippen LogP contribution is 2.34. The van der Waals surface area contributed by atoms with E-state index < -0.39 is 6.86 Å². The second-order valence-electron chi connectivity index (χ2n) is 4.19. The first-order chi connectivity index (χ1) is 8.67. The van der Waals surface area contributed by atoms with Gasteiger partial charge in [-0.1, -0.05) is 13.8 Å². The largest absolute Gasteiger partial charge is 0.493 e. The molecule has 0 aliphatic heterocycles. The van der Waals surface area contributed by atoms with E-state index in [4.69, 9.17) is 9.47 Å². The molecule has 1 aromatic heterocycles. The first kappa shape index (κ1) is 12.5. The summed E-state index contributed by atoms with van der Waals surface area (Å²) in [6, 6.07) is 3.46. The first-order valence-corrected chi connectivity index (χ1v) is 5.68. The van der Waals surface area contributed by atoms with Gasteiger partial charge in [0.25, 0.3) is 0 Å². The van der Waals surface area contributed by atoms with Gasteiger partial charge in [0.1, 0.15) is 6.33 Å². The maximum Gasteiger partial charge on any atom is 0.228 e. The van der Waals surface area contributed by atoms with Gasteiger partial charge in [-0.3, -0.25) is 0 Å². The molecule has 0 spiro atoms. The van der Waals surface area contributed by atoms with Gasteiger partial charge in [0.15, 0.2) is 11.5 Å². The number of methoxy groups -OCH3 is 1. The van der Waals surface area contributed by atoms with Crippen molar-refractivity contribution < 1.29 is 13.9 Å². The van der Waals surface area contributed by atoms with E-state index in [0.717, 1.165) is 16.6 Å². The Hall–Kier alpha value is -1.91. The lowest BCUT2D eigenvalue weighted by Crippen LogP contribution is -1.99. The quantitative estimate of drug-likeness (QED) is 0.836. The summed E-state index contributed by atoms with van der Waals surface area (Å²) < 4.78 is 22.4. The Balaban J connectivity index is 2.67. The summed E-state index contributed by atoms with van der Waals surface area (Å²) >= 11 is 0. The Bertz CT molecular complexity index is 558. The van der Waals surface area contributed by atoms with Crippen LogP contribution in [0.4, 0.5) is 4.39 Å². The van der Waals surface area contributed by atoms with Crippen LogP contribution in [0, 0.1) is 0 Å². The molecule has 2 rings (SSSR count). The van der Waals surface area contributed by atoms with Gasteiger partial charge in [0.05, 0.1) is 18.3 Å².